The number of benzene rings is 2. The molecule has 3 N–H and O–H groups in total. The molecule has 3 fully saturated rings. The molecule has 3 aromatic rings. The van der Waals surface area contributed by atoms with Crippen LogP contribution in [0, 0.1) is 5.92 Å². The number of hydrogen-bond donors (Lipinski definition) is 2. The van der Waals surface area contributed by atoms with Gasteiger partial charge in [0.25, 0.3) is 0 Å². The highest BCUT2D eigenvalue weighted by molar-refractivity contribution is 5.97. The molecule has 1 amide bonds. The molecular weight excluding hydrogens is 450 g/mol. The molecular formula is C29H33N5O2. The number of amides is 1. The number of anilines is 2. The number of carbonyl (C=O) groups excluding carboxylic acids is 1. The van der Waals surface area contributed by atoms with Crippen LogP contribution in [-0.4, -0.2) is 58.2 Å². The van der Waals surface area contributed by atoms with Crippen LogP contribution in [0.15, 0.2) is 43.1 Å². The van der Waals surface area contributed by atoms with E-state index in [9.17, 15) is 9.90 Å². The summed E-state index contributed by atoms with van der Waals surface area (Å²) in [5.41, 5.74) is 13.1. The highest BCUT2D eigenvalue weighted by atomic mass is 16.3. The van der Waals surface area contributed by atoms with Crippen molar-refractivity contribution in [1.29, 1.82) is 0 Å². The van der Waals surface area contributed by atoms with Crippen LogP contribution < -0.4 is 10.6 Å². The molecule has 6 rings (SSSR count). The van der Waals surface area contributed by atoms with Crippen molar-refractivity contribution in [2.24, 2.45) is 5.92 Å². The summed E-state index contributed by atoms with van der Waals surface area (Å²) in [4.78, 5) is 26.1. The normalized spacial score (nSPS) is 20.1. The second kappa shape index (κ2) is 9.21. The first kappa shape index (κ1) is 23.0. The average Bonchev–Trinajstić information content (AvgIpc) is 3.81. The molecule has 1 atom stereocenters. The van der Waals surface area contributed by atoms with Gasteiger partial charge in [0.1, 0.15) is 0 Å². The number of rotatable bonds is 7. The molecule has 0 unspecified atom stereocenters. The van der Waals surface area contributed by atoms with Gasteiger partial charge in [0.15, 0.2) is 5.82 Å². The van der Waals surface area contributed by atoms with Gasteiger partial charge in [-0.25, -0.2) is 9.97 Å². The molecule has 0 radical (unpaired) electrons. The van der Waals surface area contributed by atoms with Gasteiger partial charge in [-0.2, -0.15) is 0 Å². The number of aliphatic hydroxyl groups is 1. The molecule has 2 aliphatic carbocycles. The van der Waals surface area contributed by atoms with Gasteiger partial charge in [-0.1, -0.05) is 18.7 Å². The van der Waals surface area contributed by atoms with Gasteiger partial charge in [-0.15, -0.1) is 0 Å². The molecule has 36 heavy (non-hydrogen) atoms. The second-order valence-corrected chi connectivity index (χ2v) is 10.4. The first-order valence-corrected chi connectivity index (χ1v) is 13.0. The Labute approximate surface area is 211 Å². The topological polar surface area (TPSA) is 95.6 Å². The van der Waals surface area contributed by atoms with Crippen LogP contribution in [0.2, 0.25) is 0 Å². The van der Waals surface area contributed by atoms with E-state index in [0.717, 1.165) is 46.5 Å². The van der Waals surface area contributed by atoms with Crippen LogP contribution in [-0.2, 0) is 4.79 Å². The molecule has 1 aromatic heterocycles. The van der Waals surface area contributed by atoms with Crippen molar-refractivity contribution in [2.45, 2.75) is 44.1 Å². The Morgan fingerprint density at radius 3 is 2.72 bits per heavy atom. The van der Waals surface area contributed by atoms with E-state index in [1.54, 1.807) is 6.08 Å². The van der Waals surface area contributed by atoms with Gasteiger partial charge in [0.05, 0.1) is 29.5 Å². The van der Waals surface area contributed by atoms with Gasteiger partial charge >= 0.3 is 0 Å². The summed E-state index contributed by atoms with van der Waals surface area (Å²) in [6.07, 6.45) is 8.46. The van der Waals surface area contributed by atoms with E-state index in [-0.39, 0.29) is 25.0 Å². The minimum Gasteiger partial charge on any atom is -0.397 e. The quantitative estimate of drug-likeness (QED) is 0.489. The number of piperazine rings is 1. The van der Waals surface area contributed by atoms with Crippen molar-refractivity contribution in [2.75, 3.05) is 36.9 Å². The molecule has 2 heterocycles. The fraction of sp³-hybridized carbons (Fsp3) is 0.414. The maximum absolute atomic E-state index is 12.7. The smallest absolute Gasteiger partial charge is 0.225 e. The summed E-state index contributed by atoms with van der Waals surface area (Å²) in [6.45, 7) is 5.92. The summed E-state index contributed by atoms with van der Waals surface area (Å²) in [7, 11) is 0. The Morgan fingerprint density at radius 2 is 2.00 bits per heavy atom. The first-order chi connectivity index (χ1) is 17.6. The number of nitrogens with two attached hydrogens (primary N) is 1. The molecule has 7 nitrogen and oxygen atoms in total. The lowest BCUT2D eigenvalue weighted by atomic mass is 9.92. The van der Waals surface area contributed by atoms with Crippen LogP contribution >= 0.6 is 0 Å². The SMILES string of the molecule is C=Cc1ncc2c(-c3cc(N)c(N4CCN(C(=O)CCO)[C@H](C5CC5)C4)cc3C3CC3)cccc2n1. The standard InChI is InChI=1S/C29H33N5O2/c1-2-28-31-16-23-20(4-3-5-25(23)32-28)22-14-24(30)26(15-21(22)18-6-7-18)33-11-12-34(29(36)10-13-35)27(17-33)19-8-9-19/h2-5,14-16,18-19,27,35H,1,6-13,17,30H2/t27-/m0/s1. The monoisotopic (exact) mass is 483 g/mol. The summed E-state index contributed by atoms with van der Waals surface area (Å²) in [5.74, 6) is 1.78. The molecule has 3 aliphatic rings. The van der Waals surface area contributed by atoms with Crippen LogP contribution in [0.4, 0.5) is 11.4 Å². The van der Waals surface area contributed by atoms with Crippen LogP contribution in [0.5, 0.6) is 0 Å². The highest BCUT2D eigenvalue weighted by Crippen LogP contribution is 2.48. The lowest BCUT2D eigenvalue weighted by molar-refractivity contribution is -0.135. The van der Waals surface area contributed by atoms with Crippen molar-refractivity contribution in [3.05, 3.63) is 54.5 Å². The predicted molar refractivity (Wildman–Crippen MR) is 144 cm³/mol. The van der Waals surface area contributed by atoms with Crippen molar-refractivity contribution >= 4 is 34.3 Å². The predicted octanol–water partition coefficient (Wildman–Crippen LogP) is 4.21. The van der Waals surface area contributed by atoms with Gasteiger partial charge in [-0.05, 0) is 78.5 Å². The number of carbonyl (C=O) groups is 1. The maximum atomic E-state index is 12.7. The molecule has 2 saturated carbocycles. The lowest BCUT2D eigenvalue weighted by Crippen LogP contribution is -2.56. The Bertz CT molecular complexity index is 1330. The van der Waals surface area contributed by atoms with Crippen molar-refractivity contribution in [3.8, 4) is 11.1 Å². The zero-order valence-electron chi connectivity index (χ0n) is 20.6. The minimum absolute atomic E-state index is 0.0637. The molecule has 0 spiro atoms. The third-order valence-electron chi connectivity index (χ3n) is 7.90. The van der Waals surface area contributed by atoms with E-state index in [1.807, 2.05) is 23.2 Å². The largest absolute Gasteiger partial charge is 0.397 e. The zero-order chi connectivity index (χ0) is 24.8. The first-order valence-electron chi connectivity index (χ1n) is 13.0. The number of aromatic nitrogens is 2. The number of aliphatic hydroxyl groups excluding tert-OH is 1. The average molecular weight is 484 g/mol. The van der Waals surface area contributed by atoms with Gasteiger partial charge in [-0.3, -0.25) is 4.79 Å². The summed E-state index contributed by atoms with van der Waals surface area (Å²) in [6, 6.07) is 10.8. The van der Waals surface area contributed by atoms with Gasteiger partial charge in [0, 0.05) is 37.6 Å². The molecule has 2 aromatic carbocycles. The van der Waals surface area contributed by atoms with E-state index < -0.39 is 0 Å². The summed E-state index contributed by atoms with van der Waals surface area (Å²) < 4.78 is 0. The maximum Gasteiger partial charge on any atom is 0.225 e. The molecule has 0 bridgehead atoms. The van der Waals surface area contributed by atoms with Crippen molar-refractivity contribution in [1.82, 2.24) is 14.9 Å². The zero-order valence-corrected chi connectivity index (χ0v) is 20.6. The number of nitrogens with zero attached hydrogens (tertiary/aromatic N) is 4. The summed E-state index contributed by atoms with van der Waals surface area (Å²) in [5, 5.41) is 10.3. The van der Waals surface area contributed by atoms with Crippen molar-refractivity contribution < 1.29 is 9.90 Å². The van der Waals surface area contributed by atoms with E-state index in [4.69, 9.17) is 5.73 Å². The van der Waals surface area contributed by atoms with Crippen LogP contribution in [0.25, 0.3) is 28.1 Å². The van der Waals surface area contributed by atoms with Crippen LogP contribution in [0.3, 0.4) is 0 Å². The number of fused-ring (bicyclic) bond motifs is 1. The number of nitrogen functional groups attached to an aromatic ring is 1. The van der Waals surface area contributed by atoms with Crippen molar-refractivity contribution in [3.63, 3.8) is 0 Å². The van der Waals surface area contributed by atoms with E-state index in [2.05, 4.69) is 39.6 Å². The highest BCUT2D eigenvalue weighted by Gasteiger charge is 2.41. The minimum atomic E-state index is -0.0935. The van der Waals surface area contributed by atoms with Gasteiger partial charge in [0.2, 0.25) is 5.91 Å². The van der Waals surface area contributed by atoms with E-state index in [0.29, 0.717) is 24.2 Å². The Hall–Kier alpha value is -3.45. The Balaban J connectivity index is 1.37. The summed E-state index contributed by atoms with van der Waals surface area (Å²) >= 11 is 0. The Kier molecular flexibility index (Phi) is 5.88. The fourth-order valence-electron chi connectivity index (χ4n) is 5.72. The second-order valence-electron chi connectivity index (χ2n) is 10.4. The van der Waals surface area contributed by atoms with E-state index >= 15 is 0 Å². The lowest BCUT2D eigenvalue weighted by Gasteiger charge is -2.43. The molecule has 1 aliphatic heterocycles. The Morgan fingerprint density at radius 1 is 1.17 bits per heavy atom. The molecule has 1 saturated heterocycles. The molecule has 186 valence electrons. The third kappa shape index (κ3) is 4.22. The van der Waals surface area contributed by atoms with E-state index in [1.165, 1.54) is 31.2 Å². The van der Waals surface area contributed by atoms with Gasteiger partial charge < -0.3 is 20.6 Å². The fourth-order valence-corrected chi connectivity index (χ4v) is 5.72. The third-order valence-corrected chi connectivity index (χ3v) is 7.90. The molecule has 7 heteroatoms. The van der Waals surface area contributed by atoms with Crippen LogP contribution in [0.1, 0.15) is 49.4 Å². The number of hydrogen-bond acceptors (Lipinski definition) is 6.